The van der Waals surface area contributed by atoms with Crippen molar-refractivity contribution >= 4 is 6.21 Å². The van der Waals surface area contributed by atoms with E-state index in [1.54, 1.807) is 6.21 Å². The van der Waals surface area contributed by atoms with Crippen LogP contribution < -0.4 is 5.73 Å². The summed E-state index contributed by atoms with van der Waals surface area (Å²) in [6.07, 6.45) is 1.54. The first-order valence-electron chi connectivity index (χ1n) is 13.5. The summed E-state index contributed by atoms with van der Waals surface area (Å²) in [5, 5.41) is 8.95. The van der Waals surface area contributed by atoms with E-state index in [9.17, 15) is 0 Å². The average molecular weight is 538 g/mol. The number of ether oxygens (including phenoxy) is 4. The fourth-order valence-corrected chi connectivity index (χ4v) is 5.97. The van der Waals surface area contributed by atoms with Gasteiger partial charge in [-0.15, -0.1) is 0 Å². The Kier molecular flexibility index (Phi) is 7.88. The molecule has 7 heteroatoms. The van der Waals surface area contributed by atoms with Crippen LogP contribution in [0.2, 0.25) is 0 Å². The second-order valence-electron chi connectivity index (χ2n) is 10.7. The van der Waals surface area contributed by atoms with E-state index in [-0.39, 0.29) is 13.2 Å². The van der Waals surface area contributed by atoms with E-state index in [1.807, 2.05) is 81.4 Å². The van der Waals surface area contributed by atoms with Crippen molar-refractivity contribution in [3.63, 3.8) is 0 Å². The first kappa shape index (κ1) is 27.8. The molecule has 4 atom stereocenters. The molecule has 0 radical (unpaired) electrons. The van der Waals surface area contributed by atoms with Crippen molar-refractivity contribution < 1.29 is 18.9 Å². The van der Waals surface area contributed by atoms with Crippen LogP contribution in [0, 0.1) is 11.3 Å². The molecule has 40 heavy (non-hydrogen) atoms. The van der Waals surface area contributed by atoms with Gasteiger partial charge in [0, 0.05) is 18.0 Å². The van der Waals surface area contributed by atoms with E-state index >= 15 is 0 Å². The van der Waals surface area contributed by atoms with E-state index in [0.717, 1.165) is 16.7 Å². The quantitative estimate of drug-likeness (QED) is 0.231. The van der Waals surface area contributed by atoms with E-state index in [0.29, 0.717) is 5.57 Å². The number of hydrogen-bond acceptors (Lipinski definition) is 7. The highest BCUT2D eigenvalue weighted by Crippen LogP contribution is 2.49. The standard InChI is InChI=1S/C33H35N3O4/c1-31(2)39-30-28(38-29(32(30,3)40-31)24(21-35)22-36-20-19-34)23-37-33(25-13-7-4-8-14-25,26-15-9-5-10-16-26)27-17-11-6-12-18-27/h4-18,21-22,28-30H,20,23,35H2,1-3H3/t28?,29?,30-,32+/m1/s1. The largest absolute Gasteiger partial charge is 0.404 e. The monoisotopic (exact) mass is 537 g/mol. The maximum absolute atomic E-state index is 8.95. The highest BCUT2D eigenvalue weighted by molar-refractivity contribution is 5.80. The lowest BCUT2D eigenvalue weighted by Gasteiger charge is -2.37. The number of hydrogen-bond donors (Lipinski definition) is 1. The zero-order chi connectivity index (χ0) is 28.2. The number of rotatable bonds is 9. The van der Waals surface area contributed by atoms with Crippen molar-refractivity contribution in [1.82, 2.24) is 0 Å². The van der Waals surface area contributed by atoms with Crippen LogP contribution in [-0.2, 0) is 24.5 Å². The van der Waals surface area contributed by atoms with Crippen LogP contribution in [0.3, 0.4) is 0 Å². The Morgan fingerprint density at radius 3 is 1.95 bits per heavy atom. The second-order valence-corrected chi connectivity index (χ2v) is 10.7. The molecule has 2 aliphatic heterocycles. The minimum Gasteiger partial charge on any atom is -0.404 e. The highest BCUT2D eigenvalue weighted by atomic mass is 16.8. The van der Waals surface area contributed by atoms with E-state index in [2.05, 4.69) is 41.4 Å². The molecule has 3 aromatic rings. The number of nitriles is 1. The first-order valence-corrected chi connectivity index (χ1v) is 13.5. The molecule has 0 aromatic heterocycles. The predicted molar refractivity (Wildman–Crippen MR) is 154 cm³/mol. The van der Waals surface area contributed by atoms with Crippen LogP contribution in [0.4, 0.5) is 0 Å². The minimum absolute atomic E-state index is 0.0212. The third-order valence-electron chi connectivity index (χ3n) is 7.51. The Morgan fingerprint density at radius 1 is 0.950 bits per heavy atom. The summed E-state index contributed by atoms with van der Waals surface area (Å²) in [7, 11) is 0. The molecule has 206 valence electrons. The molecule has 3 aromatic carbocycles. The Morgan fingerprint density at radius 2 is 1.48 bits per heavy atom. The van der Waals surface area contributed by atoms with Gasteiger partial charge >= 0.3 is 0 Å². The van der Waals surface area contributed by atoms with Gasteiger partial charge in [-0.25, -0.2) is 0 Å². The molecular formula is C33H35N3O4. The fourth-order valence-electron chi connectivity index (χ4n) is 5.97. The van der Waals surface area contributed by atoms with Crippen molar-refractivity contribution in [3.05, 3.63) is 119 Å². The molecule has 2 unspecified atom stereocenters. The van der Waals surface area contributed by atoms with Gasteiger partial charge in [-0.2, -0.15) is 5.26 Å². The third kappa shape index (κ3) is 5.07. The smallest absolute Gasteiger partial charge is 0.164 e. The first-order chi connectivity index (χ1) is 19.3. The predicted octanol–water partition coefficient (Wildman–Crippen LogP) is 5.11. The Hall–Kier alpha value is -3.80. The summed E-state index contributed by atoms with van der Waals surface area (Å²) < 4.78 is 26.6. The molecule has 2 saturated heterocycles. The maximum atomic E-state index is 8.95. The van der Waals surface area contributed by atoms with Crippen molar-refractivity contribution in [3.8, 4) is 6.07 Å². The number of aliphatic imine (C=N–C) groups is 1. The molecule has 7 nitrogen and oxygen atoms in total. The number of nitrogens with zero attached hydrogens (tertiary/aromatic N) is 2. The van der Waals surface area contributed by atoms with Crippen LogP contribution in [0.1, 0.15) is 37.5 Å². The zero-order valence-corrected chi connectivity index (χ0v) is 23.1. The molecule has 2 aliphatic rings. The molecule has 2 N–H and O–H groups in total. The summed E-state index contributed by atoms with van der Waals surface area (Å²) in [5.41, 5.74) is 7.88. The van der Waals surface area contributed by atoms with Crippen LogP contribution >= 0.6 is 0 Å². The van der Waals surface area contributed by atoms with Crippen LogP contribution in [0.5, 0.6) is 0 Å². The average Bonchev–Trinajstić information content (AvgIpc) is 3.38. The number of fused-ring (bicyclic) bond motifs is 1. The molecule has 0 aliphatic carbocycles. The summed E-state index contributed by atoms with van der Waals surface area (Å²) in [6, 6.07) is 32.7. The second kappa shape index (κ2) is 11.4. The minimum atomic E-state index is -0.905. The Bertz CT molecular complexity index is 1290. The Balaban J connectivity index is 1.55. The van der Waals surface area contributed by atoms with Crippen LogP contribution in [0.15, 0.2) is 108 Å². The number of benzene rings is 3. The van der Waals surface area contributed by atoms with Crippen LogP contribution in [-0.4, -0.2) is 49.1 Å². The topological polar surface area (TPSA) is 99.1 Å². The lowest BCUT2D eigenvalue weighted by Crippen LogP contribution is -2.45. The molecule has 2 heterocycles. The van der Waals surface area contributed by atoms with Crippen molar-refractivity contribution in [2.24, 2.45) is 10.7 Å². The van der Waals surface area contributed by atoms with Crippen molar-refractivity contribution in [1.29, 1.82) is 5.26 Å². The van der Waals surface area contributed by atoms with Gasteiger partial charge in [-0.3, -0.25) is 4.99 Å². The van der Waals surface area contributed by atoms with E-state index in [1.165, 1.54) is 6.20 Å². The van der Waals surface area contributed by atoms with E-state index in [4.69, 9.17) is 29.9 Å². The molecule has 0 bridgehead atoms. The Labute approximate surface area is 235 Å². The van der Waals surface area contributed by atoms with Gasteiger partial charge in [-0.05, 0) is 37.5 Å². The SMILES string of the molecule is CC1(C)O[C@@H]2C(COC(c3ccccc3)(c3ccccc3)c3ccccc3)OC(C(C=NCC#N)=CN)[C@]2(C)O1. The molecule has 5 rings (SSSR count). The molecule has 2 fully saturated rings. The lowest BCUT2D eigenvalue weighted by atomic mass is 9.80. The number of nitrogens with two attached hydrogens (primary N) is 1. The lowest BCUT2D eigenvalue weighted by molar-refractivity contribution is -0.203. The normalized spacial score (nSPS) is 26.1. The highest BCUT2D eigenvalue weighted by Gasteiger charge is 2.64. The van der Waals surface area contributed by atoms with Gasteiger partial charge in [0.05, 0.1) is 12.7 Å². The fraction of sp³-hybridized carbons (Fsp3) is 0.333. The summed E-state index contributed by atoms with van der Waals surface area (Å²) in [5.74, 6) is -0.835. The van der Waals surface area contributed by atoms with Crippen molar-refractivity contribution in [2.45, 2.75) is 56.1 Å². The molecule has 0 amide bonds. The summed E-state index contributed by atoms with van der Waals surface area (Å²) in [6.45, 7) is 5.99. The van der Waals surface area contributed by atoms with Crippen LogP contribution in [0.25, 0.3) is 0 Å². The van der Waals surface area contributed by atoms with Crippen molar-refractivity contribution in [2.75, 3.05) is 13.2 Å². The summed E-state index contributed by atoms with van der Waals surface area (Å²) >= 11 is 0. The van der Waals surface area contributed by atoms with Gasteiger partial charge in [0.1, 0.15) is 36.1 Å². The zero-order valence-electron chi connectivity index (χ0n) is 23.1. The van der Waals surface area contributed by atoms with E-state index < -0.39 is 35.3 Å². The summed E-state index contributed by atoms with van der Waals surface area (Å²) in [4.78, 5) is 4.17. The molecule has 0 saturated carbocycles. The van der Waals surface area contributed by atoms with Gasteiger partial charge in [0.15, 0.2) is 5.79 Å². The third-order valence-corrected chi connectivity index (χ3v) is 7.51. The maximum Gasteiger partial charge on any atom is 0.164 e. The van der Waals surface area contributed by atoms with Gasteiger partial charge in [0.25, 0.3) is 0 Å². The van der Waals surface area contributed by atoms with Gasteiger partial charge in [-0.1, -0.05) is 91.0 Å². The van der Waals surface area contributed by atoms with Gasteiger partial charge in [0.2, 0.25) is 0 Å². The molecular weight excluding hydrogens is 502 g/mol. The molecule has 0 spiro atoms. The van der Waals surface area contributed by atoms with Gasteiger partial charge < -0.3 is 24.7 Å².